The molecule has 0 fully saturated rings. The predicted molar refractivity (Wildman–Crippen MR) is 101 cm³/mol. The summed E-state index contributed by atoms with van der Waals surface area (Å²) >= 11 is 0. The molecular weight excluding hydrogens is 294 g/mol. The second kappa shape index (κ2) is 7.60. The zero-order valence-electron chi connectivity index (χ0n) is 13.7. The Morgan fingerprint density at radius 1 is 1.00 bits per heavy atom. The number of rotatable bonds is 6. The first-order valence-corrected chi connectivity index (χ1v) is 8.21. The molecule has 3 aromatic rings. The number of carbonyl (C=O) groups excluding carboxylic acids is 1. The van der Waals surface area contributed by atoms with Gasteiger partial charge in [0, 0.05) is 6.54 Å². The van der Waals surface area contributed by atoms with E-state index < -0.39 is 0 Å². The Balaban J connectivity index is 1.63. The van der Waals surface area contributed by atoms with E-state index in [9.17, 15) is 4.79 Å². The van der Waals surface area contributed by atoms with Crippen LogP contribution in [-0.2, 0) is 17.6 Å². The highest BCUT2D eigenvalue weighted by Gasteiger charge is 2.05. The molecule has 0 unspecified atom stereocenters. The smallest absolute Gasteiger partial charge is 0.224 e. The van der Waals surface area contributed by atoms with Crippen molar-refractivity contribution in [3.8, 4) is 0 Å². The largest absolute Gasteiger partial charge is 0.355 e. The van der Waals surface area contributed by atoms with Crippen molar-refractivity contribution in [3.05, 3.63) is 90.0 Å². The molecule has 2 heteroatoms. The lowest BCUT2D eigenvalue weighted by Gasteiger charge is -2.09. The monoisotopic (exact) mass is 315 g/mol. The first-order valence-electron chi connectivity index (χ1n) is 8.21. The average Bonchev–Trinajstić information content (AvgIpc) is 2.62. The number of carbonyl (C=O) groups is 1. The Hall–Kier alpha value is -2.87. The molecule has 2 nitrogen and oxygen atoms in total. The Morgan fingerprint density at radius 3 is 2.62 bits per heavy atom. The van der Waals surface area contributed by atoms with Crippen LogP contribution in [0, 0.1) is 0 Å². The standard InChI is InChI=1S/C22H21NO/c1-2-17-11-12-19-9-6-10-20(21(19)15-17)13-14-23-22(24)16-18-7-4-3-5-8-18/h2-12,15H,1,13-14,16H2,(H,23,24). The van der Waals surface area contributed by atoms with E-state index in [4.69, 9.17) is 0 Å². The molecule has 0 spiro atoms. The topological polar surface area (TPSA) is 29.1 Å². The fraction of sp³-hybridized carbons (Fsp3) is 0.136. The van der Waals surface area contributed by atoms with Crippen LogP contribution in [0.5, 0.6) is 0 Å². The van der Waals surface area contributed by atoms with E-state index in [1.54, 1.807) is 0 Å². The van der Waals surface area contributed by atoms with Crippen molar-refractivity contribution >= 4 is 22.8 Å². The summed E-state index contributed by atoms with van der Waals surface area (Å²) < 4.78 is 0. The summed E-state index contributed by atoms with van der Waals surface area (Å²) in [5.41, 5.74) is 3.40. The van der Waals surface area contributed by atoms with Gasteiger partial charge in [-0.2, -0.15) is 0 Å². The summed E-state index contributed by atoms with van der Waals surface area (Å²) in [6, 6.07) is 22.5. The summed E-state index contributed by atoms with van der Waals surface area (Å²) in [7, 11) is 0. The van der Waals surface area contributed by atoms with Crippen molar-refractivity contribution in [2.24, 2.45) is 0 Å². The third kappa shape index (κ3) is 3.90. The van der Waals surface area contributed by atoms with Crippen molar-refractivity contribution < 1.29 is 4.79 Å². The maximum absolute atomic E-state index is 12.0. The highest BCUT2D eigenvalue weighted by Crippen LogP contribution is 2.21. The predicted octanol–water partition coefficient (Wildman–Crippen LogP) is 4.38. The second-order valence-corrected chi connectivity index (χ2v) is 5.86. The molecule has 0 heterocycles. The summed E-state index contributed by atoms with van der Waals surface area (Å²) in [6.07, 6.45) is 3.10. The van der Waals surface area contributed by atoms with Crippen molar-refractivity contribution in [2.45, 2.75) is 12.8 Å². The minimum atomic E-state index is 0.0632. The minimum absolute atomic E-state index is 0.0632. The van der Waals surface area contributed by atoms with E-state index in [0.29, 0.717) is 13.0 Å². The van der Waals surface area contributed by atoms with Gasteiger partial charge >= 0.3 is 0 Å². The SMILES string of the molecule is C=Cc1ccc2cccc(CCNC(=O)Cc3ccccc3)c2c1. The molecule has 1 N–H and O–H groups in total. The molecule has 0 bridgehead atoms. The summed E-state index contributed by atoms with van der Waals surface area (Å²) in [6.45, 7) is 4.48. The van der Waals surface area contributed by atoms with E-state index in [1.807, 2.05) is 36.4 Å². The maximum Gasteiger partial charge on any atom is 0.224 e. The third-order valence-electron chi connectivity index (χ3n) is 4.16. The Morgan fingerprint density at radius 2 is 1.83 bits per heavy atom. The van der Waals surface area contributed by atoms with Crippen molar-refractivity contribution in [1.82, 2.24) is 5.32 Å². The fourth-order valence-electron chi connectivity index (χ4n) is 2.88. The van der Waals surface area contributed by atoms with E-state index in [-0.39, 0.29) is 5.91 Å². The molecular formula is C22H21NO. The van der Waals surface area contributed by atoms with Gasteiger partial charge in [-0.05, 0) is 39.9 Å². The number of hydrogen-bond donors (Lipinski definition) is 1. The van der Waals surface area contributed by atoms with Gasteiger partial charge in [0.05, 0.1) is 6.42 Å². The first kappa shape index (κ1) is 16.0. The lowest BCUT2D eigenvalue weighted by molar-refractivity contribution is -0.120. The zero-order chi connectivity index (χ0) is 16.8. The minimum Gasteiger partial charge on any atom is -0.355 e. The number of amides is 1. The molecule has 0 atom stereocenters. The van der Waals surface area contributed by atoms with Gasteiger partial charge in [-0.1, -0.05) is 73.3 Å². The van der Waals surface area contributed by atoms with Crippen LogP contribution in [0.4, 0.5) is 0 Å². The Bertz CT molecular complexity index is 852. The second-order valence-electron chi connectivity index (χ2n) is 5.86. The molecule has 0 aromatic heterocycles. The van der Waals surface area contributed by atoms with Gasteiger partial charge < -0.3 is 5.32 Å². The van der Waals surface area contributed by atoms with Crippen LogP contribution in [0.1, 0.15) is 16.7 Å². The van der Waals surface area contributed by atoms with Gasteiger partial charge in [0.2, 0.25) is 5.91 Å². The van der Waals surface area contributed by atoms with Crippen LogP contribution in [-0.4, -0.2) is 12.5 Å². The fourth-order valence-corrected chi connectivity index (χ4v) is 2.88. The van der Waals surface area contributed by atoms with Crippen molar-refractivity contribution in [1.29, 1.82) is 0 Å². The van der Waals surface area contributed by atoms with Crippen LogP contribution >= 0.6 is 0 Å². The van der Waals surface area contributed by atoms with Gasteiger partial charge in [0.1, 0.15) is 0 Å². The normalized spacial score (nSPS) is 10.5. The lowest BCUT2D eigenvalue weighted by Crippen LogP contribution is -2.27. The summed E-state index contributed by atoms with van der Waals surface area (Å²) in [5, 5.41) is 5.46. The van der Waals surface area contributed by atoms with Crippen LogP contribution in [0.2, 0.25) is 0 Å². The molecule has 0 radical (unpaired) electrons. The van der Waals surface area contributed by atoms with Gasteiger partial charge in [0.25, 0.3) is 0 Å². The molecule has 0 aliphatic carbocycles. The molecule has 24 heavy (non-hydrogen) atoms. The quantitative estimate of drug-likeness (QED) is 0.718. The van der Waals surface area contributed by atoms with Crippen LogP contribution in [0.3, 0.4) is 0 Å². The lowest BCUT2D eigenvalue weighted by atomic mass is 10.00. The summed E-state index contributed by atoms with van der Waals surface area (Å²) in [5.74, 6) is 0.0632. The van der Waals surface area contributed by atoms with Gasteiger partial charge in [-0.15, -0.1) is 0 Å². The molecule has 3 rings (SSSR count). The number of nitrogens with one attached hydrogen (secondary N) is 1. The van der Waals surface area contributed by atoms with Crippen LogP contribution < -0.4 is 5.32 Å². The van der Waals surface area contributed by atoms with E-state index in [1.165, 1.54) is 16.3 Å². The third-order valence-corrected chi connectivity index (χ3v) is 4.16. The molecule has 0 saturated carbocycles. The number of hydrogen-bond acceptors (Lipinski definition) is 1. The number of benzene rings is 3. The highest BCUT2D eigenvalue weighted by molar-refractivity contribution is 5.87. The van der Waals surface area contributed by atoms with Crippen molar-refractivity contribution in [2.75, 3.05) is 6.54 Å². The molecule has 0 aliphatic rings. The van der Waals surface area contributed by atoms with Gasteiger partial charge in [0.15, 0.2) is 0 Å². The van der Waals surface area contributed by atoms with E-state index in [0.717, 1.165) is 17.5 Å². The highest BCUT2D eigenvalue weighted by atomic mass is 16.1. The molecule has 120 valence electrons. The zero-order valence-corrected chi connectivity index (χ0v) is 13.7. The van der Waals surface area contributed by atoms with Gasteiger partial charge in [-0.25, -0.2) is 0 Å². The average molecular weight is 315 g/mol. The first-order chi connectivity index (χ1) is 11.8. The van der Waals surface area contributed by atoms with Crippen LogP contribution in [0.25, 0.3) is 16.8 Å². The Kier molecular flexibility index (Phi) is 5.07. The van der Waals surface area contributed by atoms with Crippen molar-refractivity contribution in [3.63, 3.8) is 0 Å². The summed E-state index contributed by atoms with van der Waals surface area (Å²) in [4.78, 5) is 12.0. The Labute approximate surface area is 142 Å². The molecule has 0 aliphatic heterocycles. The molecule has 0 saturated heterocycles. The van der Waals surface area contributed by atoms with Crippen LogP contribution in [0.15, 0.2) is 73.3 Å². The molecule has 1 amide bonds. The number of fused-ring (bicyclic) bond motifs is 1. The van der Waals surface area contributed by atoms with E-state index in [2.05, 4.69) is 48.3 Å². The molecule has 3 aromatic carbocycles. The maximum atomic E-state index is 12.0. The van der Waals surface area contributed by atoms with Gasteiger partial charge in [-0.3, -0.25) is 4.79 Å². The van der Waals surface area contributed by atoms with E-state index >= 15 is 0 Å².